The number of aromatic nitrogens is 2. The predicted octanol–water partition coefficient (Wildman–Crippen LogP) is 5.55. The van der Waals surface area contributed by atoms with Crippen molar-refractivity contribution in [1.82, 2.24) is 14.5 Å². The summed E-state index contributed by atoms with van der Waals surface area (Å²) in [6.45, 7) is 4.82. The van der Waals surface area contributed by atoms with E-state index in [4.69, 9.17) is 0 Å². The zero-order valence-electron chi connectivity index (χ0n) is 19.3. The molecule has 0 bridgehead atoms. The number of likely N-dealkylation sites (tertiary alicyclic amines) is 1. The second-order valence-corrected chi connectivity index (χ2v) is 9.12. The van der Waals surface area contributed by atoms with Crippen LogP contribution in [0.3, 0.4) is 0 Å². The summed E-state index contributed by atoms with van der Waals surface area (Å²) in [4.78, 5) is 19.6. The maximum atomic E-state index is 12.7. The summed E-state index contributed by atoms with van der Waals surface area (Å²) in [5.41, 5.74) is 6.32. The first-order valence-corrected chi connectivity index (χ1v) is 11.7. The van der Waals surface area contributed by atoms with E-state index in [9.17, 15) is 4.79 Å². The molecule has 0 atom stereocenters. The summed E-state index contributed by atoms with van der Waals surface area (Å²) in [5.74, 6) is 0.653. The monoisotopic (exact) mass is 440 g/mol. The predicted molar refractivity (Wildman–Crippen MR) is 138 cm³/mol. The van der Waals surface area contributed by atoms with Crippen LogP contribution in [-0.2, 0) is 6.54 Å². The van der Waals surface area contributed by atoms with Gasteiger partial charge in [0.05, 0.1) is 17.8 Å². The van der Waals surface area contributed by atoms with Crippen LogP contribution in [0.5, 0.6) is 0 Å². The Balaban J connectivity index is 0.00000274. The van der Waals surface area contributed by atoms with E-state index in [0.29, 0.717) is 12.5 Å². The molecule has 2 aromatic carbocycles. The molecule has 170 valence electrons. The molecule has 1 fully saturated rings. The van der Waals surface area contributed by atoms with Gasteiger partial charge in [0.2, 0.25) is 0 Å². The van der Waals surface area contributed by atoms with Crippen molar-refractivity contribution in [3.8, 4) is 0 Å². The number of fused-ring (bicyclic) bond motifs is 1. The minimum Gasteiger partial charge on any atom is -0.355 e. The number of piperidine rings is 1. The summed E-state index contributed by atoms with van der Waals surface area (Å²) < 4.78 is 1.80. The van der Waals surface area contributed by atoms with Gasteiger partial charge in [0, 0.05) is 25.1 Å². The highest BCUT2D eigenvalue weighted by Gasteiger charge is 2.18. The topological polar surface area (TPSA) is 50.2 Å². The lowest BCUT2D eigenvalue weighted by atomic mass is 9.89. The molecule has 5 nitrogen and oxygen atoms in total. The maximum Gasteiger partial charge on any atom is 0.251 e. The average molecular weight is 441 g/mol. The second-order valence-electron chi connectivity index (χ2n) is 9.12. The van der Waals surface area contributed by atoms with Crippen molar-refractivity contribution < 1.29 is 1.43 Å². The third kappa shape index (κ3) is 4.69. The molecule has 3 heterocycles. The number of aryl methyl sites for hydroxylation is 1. The van der Waals surface area contributed by atoms with Crippen molar-refractivity contribution in [1.29, 1.82) is 0 Å². The highest BCUT2D eigenvalue weighted by Crippen LogP contribution is 2.29. The Bertz CT molecular complexity index is 1320. The summed E-state index contributed by atoms with van der Waals surface area (Å²) in [6, 6.07) is 22.5. The van der Waals surface area contributed by atoms with Crippen LogP contribution < -0.4 is 10.9 Å². The largest absolute Gasteiger partial charge is 0.355 e. The fraction of sp³-hybridized carbons (Fsp3) is 0.286. The third-order valence-corrected chi connectivity index (χ3v) is 6.81. The number of nitrogens with one attached hydrogen (secondary N) is 1. The maximum absolute atomic E-state index is 12.7. The van der Waals surface area contributed by atoms with E-state index in [1.54, 1.807) is 16.8 Å². The summed E-state index contributed by atoms with van der Waals surface area (Å²) >= 11 is 0. The van der Waals surface area contributed by atoms with Gasteiger partial charge in [-0.05, 0) is 98.7 Å². The highest BCUT2D eigenvalue weighted by molar-refractivity contribution is 5.83. The highest BCUT2D eigenvalue weighted by atomic mass is 16.1. The molecule has 0 aliphatic carbocycles. The molecule has 0 saturated carbocycles. The van der Waals surface area contributed by atoms with E-state index < -0.39 is 0 Å². The van der Waals surface area contributed by atoms with E-state index in [-0.39, 0.29) is 6.99 Å². The van der Waals surface area contributed by atoms with Gasteiger partial charge in [-0.25, -0.2) is 0 Å². The summed E-state index contributed by atoms with van der Waals surface area (Å²) in [6.07, 6.45) is 4.23. The Morgan fingerprint density at radius 2 is 1.73 bits per heavy atom. The van der Waals surface area contributed by atoms with Gasteiger partial charge >= 0.3 is 0 Å². The SMILES string of the molecule is Cc1cccnc1Cn1c(=O)ccc2ccc(Nc3ccc(C4CCN(C)CC4)cc3)cc21.[HH]. The number of pyridine rings is 2. The molecule has 0 radical (unpaired) electrons. The molecule has 0 spiro atoms. The van der Waals surface area contributed by atoms with Crippen molar-refractivity contribution in [3.05, 3.63) is 100 Å². The lowest BCUT2D eigenvalue weighted by Gasteiger charge is -2.29. The van der Waals surface area contributed by atoms with Gasteiger partial charge in [-0.15, -0.1) is 0 Å². The molecule has 4 aromatic rings. The van der Waals surface area contributed by atoms with Crippen LogP contribution in [-0.4, -0.2) is 34.6 Å². The number of hydrogen-bond donors (Lipinski definition) is 1. The summed E-state index contributed by atoms with van der Waals surface area (Å²) in [7, 11) is 2.20. The third-order valence-electron chi connectivity index (χ3n) is 6.81. The molecular formula is C28H32N4O. The molecule has 33 heavy (non-hydrogen) atoms. The van der Waals surface area contributed by atoms with Gasteiger partial charge in [-0.1, -0.05) is 24.3 Å². The molecule has 5 heteroatoms. The summed E-state index contributed by atoms with van der Waals surface area (Å²) in [5, 5.41) is 4.55. The number of hydrogen-bond acceptors (Lipinski definition) is 4. The van der Waals surface area contributed by atoms with E-state index >= 15 is 0 Å². The number of rotatable bonds is 5. The van der Waals surface area contributed by atoms with Crippen molar-refractivity contribution in [2.45, 2.75) is 32.2 Å². The van der Waals surface area contributed by atoms with Crippen molar-refractivity contribution in [2.75, 3.05) is 25.5 Å². The molecular weight excluding hydrogens is 408 g/mol. The zero-order valence-corrected chi connectivity index (χ0v) is 19.3. The Kier molecular flexibility index (Phi) is 5.97. The van der Waals surface area contributed by atoms with E-state index in [1.807, 2.05) is 25.1 Å². The van der Waals surface area contributed by atoms with Crippen LogP contribution in [0.15, 0.2) is 77.7 Å². The van der Waals surface area contributed by atoms with Crippen LogP contribution in [0.4, 0.5) is 11.4 Å². The van der Waals surface area contributed by atoms with Crippen LogP contribution in [0.2, 0.25) is 0 Å². The number of benzene rings is 2. The second kappa shape index (κ2) is 9.20. The first kappa shape index (κ1) is 21.4. The van der Waals surface area contributed by atoms with Crippen LogP contribution in [0, 0.1) is 6.92 Å². The Labute approximate surface area is 196 Å². The molecule has 5 rings (SSSR count). The van der Waals surface area contributed by atoms with Crippen LogP contribution >= 0.6 is 0 Å². The minimum absolute atomic E-state index is 0. The quantitative estimate of drug-likeness (QED) is 0.442. The molecule has 1 N–H and O–H groups in total. The lowest BCUT2D eigenvalue weighted by molar-refractivity contribution is 0.255. The fourth-order valence-corrected chi connectivity index (χ4v) is 4.71. The number of anilines is 2. The van der Waals surface area contributed by atoms with Crippen molar-refractivity contribution >= 4 is 22.3 Å². The molecule has 1 aliphatic rings. The Morgan fingerprint density at radius 1 is 1.00 bits per heavy atom. The fourth-order valence-electron chi connectivity index (χ4n) is 4.71. The van der Waals surface area contributed by atoms with Gasteiger partial charge < -0.3 is 14.8 Å². The van der Waals surface area contributed by atoms with Gasteiger partial charge in [-0.2, -0.15) is 0 Å². The molecule has 1 saturated heterocycles. The van der Waals surface area contributed by atoms with Gasteiger partial charge in [-0.3, -0.25) is 9.78 Å². The first-order chi connectivity index (χ1) is 16.1. The average Bonchev–Trinajstić information content (AvgIpc) is 2.83. The van der Waals surface area contributed by atoms with E-state index in [2.05, 4.69) is 64.7 Å². The first-order valence-electron chi connectivity index (χ1n) is 11.7. The van der Waals surface area contributed by atoms with Crippen LogP contribution in [0.25, 0.3) is 10.9 Å². The Hall–Kier alpha value is -3.44. The number of nitrogens with zero attached hydrogens (tertiary/aromatic N) is 3. The normalized spacial score (nSPS) is 15.1. The molecule has 0 unspecified atom stereocenters. The Morgan fingerprint density at radius 3 is 2.48 bits per heavy atom. The van der Waals surface area contributed by atoms with Crippen molar-refractivity contribution in [3.63, 3.8) is 0 Å². The molecule has 2 aromatic heterocycles. The molecule has 0 amide bonds. The van der Waals surface area contributed by atoms with E-state index in [0.717, 1.165) is 33.5 Å². The standard InChI is InChI=1S/C28H30N4O.H2/c1-20-4-3-15-29-26(20)19-32-27-18-25(11-7-23(27)8-12-28(32)33)30-24-9-5-21(6-10-24)22-13-16-31(2)17-14-22;/h3-12,15,18,22,30H,13-14,16-17,19H2,1-2H3;1H. The van der Waals surface area contributed by atoms with Crippen LogP contribution in [0.1, 0.15) is 37.0 Å². The van der Waals surface area contributed by atoms with Gasteiger partial charge in [0.1, 0.15) is 0 Å². The molecule has 1 aliphatic heterocycles. The van der Waals surface area contributed by atoms with Crippen molar-refractivity contribution in [2.24, 2.45) is 0 Å². The lowest BCUT2D eigenvalue weighted by Crippen LogP contribution is -2.29. The smallest absolute Gasteiger partial charge is 0.251 e. The van der Waals surface area contributed by atoms with Gasteiger partial charge in [0.15, 0.2) is 0 Å². The van der Waals surface area contributed by atoms with E-state index in [1.165, 1.54) is 31.5 Å². The van der Waals surface area contributed by atoms with Gasteiger partial charge in [0.25, 0.3) is 5.56 Å². The minimum atomic E-state index is -0.0211. The zero-order chi connectivity index (χ0) is 22.8.